The summed E-state index contributed by atoms with van der Waals surface area (Å²) in [6.45, 7) is 5.44. The van der Waals surface area contributed by atoms with Crippen molar-refractivity contribution in [1.29, 1.82) is 0 Å². The molecule has 2 heterocycles. The van der Waals surface area contributed by atoms with E-state index in [9.17, 15) is 22.8 Å². The van der Waals surface area contributed by atoms with Gasteiger partial charge in [-0.05, 0) is 50.0 Å². The minimum absolute atomic E-state index is 0.128. The van der Waals surface area contributed by atoms with E-state index in [1.807, 2.05) is 43.3 Å². The van der Waals surface area contributed by atoms with Crippen LogP contribution in [0.3, 0.4) is 0 Å². The number of carbonyl (C=O) groups excluding carboxylic acids is 2. The molecule has 0 aromatic heterocycles. The lowest BCUT2D eigenvalue weighted by Crippen LogP contribution is -2.49. The smallest absolute Gasteiger partial charge is 0.490 e. The number of alkyl halides is 3. The summed E-state index contributed by atoms with van der Waals surface area (Å²) in [5.74, 6) is -1.64. The summed E-state index contributed by atoms with van der Waals surface area (Å²) >= 11 is 0. The number of rotatable bonds is 5. The van der Waals surface area contributed by atoms with Gasteiger partial charge in [0.05, 0.1) is 18.9 Å². The lowest BCUT2D eigenvalue weighted by molar-refractivity contribution is -0.192. The molecule has 2 saturated heterocycles. The summed E-state index contributed by atoms with van der Waals surface area (Å²) in [7, 11) is 5.33. The van der Waals surface area contributed by atoms with Gasteiger partial charge < -0.3 is 19.6 Å². The molecule has 0 bridgehead atoms. The number of amides is 2. The number of halogens is 3. The van der Waals surface area contributed by atoms with Crippen LogP contribution >= 0.6 is 0 Å². The van der Waals surface area contributed by atoms with Crippen molar-refractivity contribution in [3.05, 3.63) is 29.8 Å². The number of hydrogen-bond donors (Lipinski definition) is 1. The Kier molecular flexibility index (Phi) is 9.53. The Labute approximate surface area is 203 Å². The normalized spacial score (nSPS) is 22.4. The highest BCUT2D eigenvalue weighted by molar-refractivity contribution is 5.84. The second kappa shape index (κ2) is 11.7. The minimum atomic E-state index is -5.08. The second-order valence-corrected chi connectivity index (χ2v) is 9.00. The molecule has 0 radical (unpaired) electrons. The summed E-state index contributed by atoms with van der Waals surface area (Å²) in [5.41, 5.74) is 0.605. The van der Waals surface area contributed by atoms with Crippen LogP contribution in [0.1, 0.15) is 31.7 Å². The predicted octanol–water partition coefficient (Wildman–Crippen LogP) is 2.66. The van der Waals surface area contributed by atoms with Crippen LogP contribution in [0.2, 0.25) is 0 Å². The Balaban J connectivity index is 0.000000540. The maximum Gasteiger partial charge on any atom is 0.490 e. The molecule has 0 unspecified atom stereocenters. The first-order chi connectivity index (χ1) is 16.4. The molecule has 2 atom stereocenters. The van der Waals surface area contributed by atoms with Gasteiger partial charge >= 0.3 is 12.1 Å². The van der Waals surface area contributed by atoms with Crippen molar-refractivity contribution < 1.29 is 37.4 Å². The molecule has 0 spiro atoms. The van der Waals surface area contributed by atoms with E-state index in [1.54, 1.807) is 12.0 Å². The van der Waals surface area contributed by atoms with Crippen molar-refractivity contribution in [2.45, 2.75) is 44.8 Å². The molecule has 196 valence electrons. The number of carbonyl (C=O) groups is 3. The van der Waals surface area contributed by atoms with Gasteiger partial charge in [0.15, 0.2) is 0 Å². The molecule has 2 aliphatic heterocycles. The van der Waals surface area contributed by atoms with E-state index in [0.717, 1.165) is 43.7 Å². The molecule has 2 aliphatic rings. The van der Waals surface area contributed by atoms with E-state index in [4.69, 9.17) is 14.6 Å². The SMILES string of the molecule is CCN1CC[C@@]2(C(=O)N(C)C)CCN(C(=O)Cc3cccc(OC)c3)CC[C@@H]12.O=C(O)C(F)(F)F. The largest absolute Gasteiger partial charge is 0.497 e. The van der Waals surface area contributed by atoms with Crippen LogP contribution in [0.15, 0.2) is 24.3 Å². The highest BCUT2D eigenvalue weighted by atomic mass is 19.4. The molecule has 11 heteroatoms. The molecular weight excluding hydrogens is 467 g/mol. The molecule has 1 N–H and O–H groups in total. The summed E-state index contributed by atoms with van der Waals surface area (Å²) in [4.78, 5) is 41.1. The summed E-state index contributed by atoms with van der Waals surface area (Å²) in [5, 5.41) is 7.12. The zero-order valence-electron chi connectivity index (χ0n) is 20.6. The zero-order chi connectivity index (χ0) is 26.4. The average molecular weight is 502 g/mol. The van der Waals surface area contributed by atoms with Gasteiger partial charge in [0, 0.05) is 33.2 Å². The number of carboxylic acids is 1. The number of aliphatic carboxylic acids is 1. The van der Waals surface area contributed by atoms with E-state index in [-0.39, 0.29) is 23.3 Å². The van der Waals surface area contributed by atoms with Gasteiger partial charge in [-0.2, -0.15) is 13.2 Å². The Morgan fingerprint density at radius 2 is 1.80 bits per heavy atom. The van der Waals surface area contributed by atoms with E-state index >= 15 is 0 Å². The van der Waals surface area contributed by atoms with E-state index in [0.29, 0.717) is 19.5 Å². The number of benzene rings is 1. The van der Waals surface area contributed by atoms with Gasteiger partial charge in [-0.3, -0.25) is 14.5 Å². The van der Waals surface area contributed by atoms with Crippen LogP contribution in [0.5, 0.6) is 5.75 Å². The van der Waals surface area contributed by atoms with Gasteiger partial charge in [-0.1, -0.05) is 19.1 Å². The van der Waals surface area contributed by atoms with Crippen molar-refractivity contribution in [2.24, 2.45) is 5.41 Å². The van der Waals surface area contributed by atoms with E-state index in [1.165, 1.54) is 0 Å². The van der Waals surface area contributed by atoms with Crippen molar-refractivity contribution in [3.63, 3.8) is 0 Å². The molecule has 0 aliphatic carbocycles. The summed E-state index contributed by atoms with van der Waals surface area (Å²) in [6, 6.07) is 7.90. The Hall–Kier alpha value is -2.82. The molecule has 2 fully saturated rings. The first kappa shape index (κ1) is 28.4. The standard InChI is InChI=1S/C22H33N3O3.C2HF3O2/c1-5-24-13-10-22(21(27)23(2)3)11-14-25(12-9-19(22)24)20(26)16-17-7-6-8-18(15-17)28-4;3-2(4,5)1(6)7/h6-8,15,19H,5,9-14,16H2,1-4H3;(H,6,7)/t19-,22-;/m1./s1. The third-order valence-electron chi connectivity index (χ3n) is 6.75. The fourth-order valence-corrected chi connectivity index (χ4v) is 4.99. The number of likely N-dealkylation sites (tertiary alicyclic amines) is 2. The van der Waals surface area contributed by atoms with Crippen molar-refractivity contribution >= 4 is 17.8 Å². The number of fused-ring (bicyclic) bond motifs is 1. The van der Waals surface area contributed by atoms with Crippen molar-refractivity contribution in [3.8, 4) is 5.75 Å². The van der Waals surface area contributed by atoms with Crippen LogP contribution in [0, 0.1) is 5.41 Å². The van der Waals surface area contributed by atoms with Crippen LogP contribution in [0.4, 0.5) is 13.2 Å². The van der Waals surface area contributed by atoms with Crippen LogP contribution < -0.4 is 4.74 Å². The Morgan fingerprint density at radius 3 is 2.34 bits per heavy atom. The molecule has 35 heavy (non-hydrogen) atoms. The fourth-order valence-electron chi connectivity index (χ4n) is 4.99. The molecule has 2 amide bonds. The lowest BCUT2D eigenvalue weighted by Gasteiger charge is -2.37. The first-order valence-corrected chi connectivity index (χ1v) is 11.5. The zero-order valence-corrected chi connectivity index (χ0v) is 20.6. The molecule has 1 aromatic carbocycles. The molecule has 3 rings (SSSR count). The highest BCUT2D eigenvalue weighted by Crippen LogP contribution is 2.44. The Morgan fingerprint density at radius 1 is 1.17 bits per heavy atom. The number of methoxy groups -OCH3 is 1. The van der Waals surface area contributed by atoms with Crippen molar-refractivity contribution in [1.82, 2.24) is 14.7 Å². The molecule has 0 saturated carbocycles. The van der Waals surface area contributed by atoms with Gasteiger partial charge in [0.1, 0.15) is 5.75 Å². The van der Waals surface area contributed by atoms with Crippen molar-refractivity contribution in [2.75, 3.05) is 47.4 Å². The van der Waals surface area contributed by atoms with E-state index in [2.05, 4.69) is 11.8 Å². The first-order valence-electron chi connectivity index (χ1n) is 11.5. The fraction of sp³-hybridized carbons (Fsp3) is 0.625. The average Bonchev–Trinajstić information content (AvgIpc) is 3.05. The maximum absolute atomic E-state index is 13.1. The number of ether oxygens (including phenoxy) is 1. The van der Waals surface area contributed by atoms with Gasteiger partial charge in [-0.25, -0.2) is 4.79 Å². The third kappa shape index (κ3) is 6.87. The topological polar surface area (TPSA) is 90.4 Å². The molecule has 8 nitrogen and oxygen atoms in total. The highest BCUT2D eigenvalue weighted by Gasteiger charge is 2.53. The number of carboxylic acid groups (broad SMARTS) is 1. The van der Waals surface area contributed by atoms with Gasteiger partial charge in [-0.15, -0.1) is 0 Å². The maximum atomic E-state index is 13.1. The van der Waals surface area contributed by atoms with Crippen LogP contribution in [0.25, 0.3) is 0 Å². The monoisotopic (exact) mass is 501 g/mol. The summed E-state index contributed by atoms with van der Waals surface area (Å²) < 4.78 is 37.0. The Bertz CT molecular complexity index is 909. The predicted molar refractivity (Wildman–Crippen MR) is 123 cm³/mol. The van der Waals surface area contributed by atoms with E-state index < -0.39 is 12.1 Å². The molecular formula is C24H34F3N3O5. The van der Waals surface area contributed by atoms with Gasteiger partial charge in [0.25, 0.3) is 0 Å². The summed E-state index contributed by atoms with van der Waals surface area (Å²) in [6.07, 6.45) is -2.22. The number of nitrogens with zero attached hydrogens (tertiary/aromatic N) is 3. The third-order valence-corrected chi connectivity index (χ3v) is 6.75. The minimum Gasteiger partial charge on any atom is -0.497 e. The van der Waals surface area contributed by atoms with Crippen LogP contribution in [-0.2, 0) is 20.8 Å². The molecule has 1 aromatic rings. The van der Waals surface area contributed by atoms with Gasteiger partial charge in [0.2, 0.25) is 11.8 Å². The quantitative estimate of drug-likeness (QED) is 0.667. The number of hydrogen-bond acceptors (Lipinski definition) is 5. The van der Waals surface area contributed by atoms with Crippen LogP contribution in [-0.4, -0.2) is 97.2 Å². The second-order valence-electron chi connectivity index (χ2n) is 9.00. The lowest BCUT2D eigenvalue weighted by atomic mass is 9.75.